The topological polar surface area (TPSA) is 66.8 Å². The zero-order valence-electron chi connectivity index (χ0n) is 12.8. The van der Waals surface area contributed by atoms with Crippen molar-refractivity contribution in [1.29, 1.82) is 0 Å². The quantitative estimate of drug-likeness (QED) is 0.927. The average Bonchev–Trinajstić information content (AvgIpc) is 3.01. The summed E-state index contributed by atoms with van der Waals surface area (Å²) in [4.78, 5) is 27.2. The normalized spacial score (nSPS) is 21.9. The molecule has 2 rings (SSSR count). The highest BCUT2D eigenvalue weighted by atomic mass is 32.1. The number of aryl methyl sites for hydroxylation is 1. The van der Waals surface area contributed by atoms with E-state index in [2.05, 4.69) is 0 Å². The van der Waals surface area contributed by atoms with Gasteiger partial charge < -0.3 is 14.7 Å². The third-order valence-electron chi connectivity index (χ3n) is 4.06. The third kappa shape index (κ3) is 3.05. The van der Waals surface area contributed by atoms with Crippen molar-refractivity contribution in [1.82, 2.24) is 4.90 Å². The van der Waals surface area contributed by atoms with Gasteiger partial charge in [0.1, 0.15) is 10.6 Å². The number of carboxylic acids is 1. The van der Waals surface area contributed by atoms with E-state index in [0.29, 0.717) is 17.2 Å². The van der Waals surface area contributed by atoms with Crippen molar-refractivity contribution < 1.29 is 19.4 Å². The molecule has 1 aromatic heterocycles. The maximum atomic E-state index is 12.6. The Morgan fingerprint density at radius 2 is 2.10 bits per heavy atom. The summed E-state index contributed by atoms with van der Waals surface area (Å²) in [5, 5.41) is 9.35. The summed E-state index contributed by atoms with van der Waals surface area (Å²) in [6.07, 6.45) is 0. The second kappa shape index (κ2) is 6.05. The molecule has 0 saturated carbocycles. The van der Waals surface area contributed by atoms with E-state index in [1.165, 1.54) is 11.3 Å². The minimum atomic E-state index is -0.821. The lowest BCUT2D eigenvalue weighted by Crippen LogP contribution is -2.29. The number of methoxy groups -OCH3 is 1. The number of ether oxygens (including phenoxy) is 1. The smallest absolute Gasteiger partial charge is 0.308 e. The number of aliphatic carboxylic acids is 1. The predicted octanol–water partition coefficient (Wildman–Crippen LogP) is 2.49. The van der Waals surface area contributed by atoms with E-state index in [0.717, 1.165) is 4.88 Å². The molecule has 2 heterocycles. The van der Waals surface area contributed by atoms with Gasteiger partial charge in [-0.1, -0.05) is 13.8 Å². The number of hydrogen-bond acceptors (Lipinski definition) is 4. The van der Waals surface area contributed by atoms with E-state index in [1.54, 1.807) is 12.0 Å². The average molecular weight is 311 g/mol. The first kappa shape index (κ1) is 15.8. The van der Waals surface area contributed by atoms with Crippen molar-refractivity contribution in [3.05, 3.63) is 15.8 Å². The highest BCUT2D eigenvalue weighted by Crippen LogP contribution is 2.35. The fourth-order valence-corrected chi connectivity index (χ4v) is 3.81. The monoisotopic (exact) mass is 311 g/mol. The van der Waals surface area contributed by atoms with Crippen molar-refractivity contribution in [2.45, 2.75) is 20.8 Å². The highest BCUT2D eigenvalue weighted by Gasteiger charge is 2.41. The standard InChI is InChI=1S/C15H21NO4S/c1-8(2)10-6-16(7-11(10)15(18)19)14(17)13-12(20-4)5-9(3)21-13/h5,8,10-11H,6-7H2,1-4H3,(H,18,19)/t10-,11+/m0/s1. The van der Waals surface area contributed by atoms with Crippen LogP contribution in [-0.2, 0) is 4.79 Å². The van der Waals surface area contributed by atoms with E-state index in [9.17, 15) is 14.7 Å². The first-order chi connectivity index (χ1) is 9.85. The number of thiophene rings is 1. The Balaban J connectivity index is 2.22. The molecule has 6 heteroatoms. The Morgan fingerprint density at radius 3 is 2.57 bits per heavy atom. The molecule has 116 valence electrons. The number of nitrogens with zero attached hydrogens (tertiary/aromatic N) is 1. The minimum Gasteiger partial charge on any atom is -0.495 e. The van der Waals surface area contributed by atoms with E-state index in [1.807, 2.05) is 26.8 Å². The third-order valence-corrected chi connectivity index (χ3v) is 5.08. The summed E-state index contributed by atoms with van der Waals surface area (Å²) in [7, 11) is 1.54. The van der Waals surface area contributed by atoms with E-state index < -0.39 is 11.9 Å². The molecule has 0 spiro atoms. The van der Waals surface area contributed by atoms with Crippen LogP contribution in [0.1, 0.15) is 28.4 Å². The summed E-state index contributed by atoms with van der Waals surface area (Å²) in [5.74, 6) is -0.629. The molecule has 1 aromatic rings. The SMILES string of the molecule is COc1cc(C)sc1C(=O)N1C[C@@H](C(=O)O)[C@H](C(C)C)C1. The van der Waals surface area contributed by atoms with Crippen LogP contribution < -0.4 is 4.74 Å². The summed E-state index contributed by atoms with van der Waals surface area (Å²) < 4.78 is 5.24. The number of carboxylic acid groups (broad SMARTS) is 1. The number of amides is 1. The second-order valence-corrected chi connectivity index (χ2v) is 7.07. The van der Waals surface area contributed by atoms with E-state index >= 15 is 0 Å². The molecule has 1 aliphatic heterocycles. The molecule has 0 radical (unpaired) electrons. The van der Waals surface area contributed by atoms with Crippen LogP contribution in [0.4, 0.5) is 0 Å². The van der Waals surface area contributed by atoms with Crippen LogP contribution in [0, 0.1) is 24.7 Å². The van der Waals surface area contributed by atoms with Gasteiger partial charge >= 0.3 is 5.97 Å². The fourth-order valence-electron chi connectivity index (χ4n) is 2.87. The summed E-state index contributed by atoms with van der Waals surface area (Å²) in [6, 6.07) is 1.84. The Kier molecular flexibility index (Phi) is 4.56. The Hall–Kier alpha value is -1.56. The molecule has 2 atom stereocenters. The molecule has 1 saturated heterocycles. The lowest BCUT2D eigenvalue weighted by Gasteiger charge is -2.18. The van der Waals surface area contributed by atoms with Crippen molar-refractivity contribution in [3.63, 3.8) is 0 Å². The number of likely N-dealkylation sites (tertiary alicyclic amines) is 1. The maximum absolute atomic E-state index is 12.6. The van der Waals surface area contributed by atoms with Gasteiger partial charge in [0.25, 0.3) is 5.91 Å². The molecule has 21 heavy (non-hydrogen) atoms. The Morgan fingerprint density at radius 1 is 1.43 bits per heavy atom. The van der Waals surface area contributed by atoms with Gasteiger partial charge in [0.15, 0.2) is 0 Å². The lowest BCUT2D eigenvalue weighted by molar-refractivity contribution is -0.142. The van der Waals surface area contributed by atoms with Crippen molar-refractivity contribution in [3.8, 4) is 5.75 Å². The van der Waals surface area contributed by atoms with Gasteiger partial charge in [0, 0.05) is 18.0 Å². The van der Waals surface area contributed by atoms with Crippen LogP contribution in [-0.4, -0.2) is 42.1 Å². The van der Waals surface area contributed by atoms with Gasteiger partial charge in [-0.3, -0.25) is 9.59 Å². The van der Waals surface area contributed by atoms with Gasteiger partial charge in [0.05, 0.1) is 13.0 Å². The Labute approximate surface area is 128 Å². The fraction of sp³-hybridized carbons (Fsp3) is 0.600. The van der Waals surface area contributed by atoms with Crippen LogP contribution in [0.5, 0.6) is 5.75 Å². The molecular weight excluding hydrogens is 290 g/mol. The van der Waals surface area contributed by atoms with Crippen LogP contribution in [0.25, 0.3) is 0 Å². The van der Waals surface area contributed by atoms with Crippen LogP contribution in [0.2, 0.25) is 0 Å². The van der Waals surface area contributed by atoms with Crippen molar-refractivity contribution >= 4 is 23.2 Å². The van der Waals surface area contributed by atoms with Gasteiger partial charge in [-0.25, -0.2) is 0 Å². The van der Waals surface area contributed by atoms with E-state index in [-0.39, 0.29) is 24.3 Å². The molecule has 1 aliphatic rings. The predicted molar refractivity (Wildman–Crippen MR) is 81.0 cm³/mol. The molecule has 1 amide bonds. The minimum absolute atomic E-state index is 0.00139. The second-order valence-electron chi connectivity index (χ2n) is 5.82. The molecule has 5 nitrogen and oxygen atoms in total. The largest absolute Gasteiger partial charge is 0.495 e. The summed E-state index contributed by atoms with van der Waals surface area (Å²) in [5.41, 5.74) is 0. The molecule has 0 unspecified atom stereocenters. The molecule has 0 aliphatic carbocycles. The number of carbonyl (C=O) groups is 2. The van der Waals surface area contributed by atoms with Gasteiger partial charge in [-0.15, -0.1) is 11.3 Å². The summed E-state index contributed by atoms with van der Waals surface area (Å²) >= 11 is 1.39. The van der Waals surface area contributed by atoms with Gasteiger partial charge in [0.2, 0.25) is 0 Å². The van der Waals surface area contributed by atoms with Gasteiger partial charge in [-0.2, -0.15) is 0 Å². The molecule has 1 fully saturated rings. The van der Waals surface area contributed by atoms with Crippen molar-refractivity contribution in [2.24, 2.45) is 17.8 Å². The zero-order chi connectivity index (χ0) is 15.7. The molecule has 0 aromatic carbocycles. The maximum Gasteiger partial charge on any atom is 0.308 e. The van der Waals surface area contributed by atoms with Crippen LogP contribution >= 0.6 is 11.3 Å². The highest BCUT2D eigenvalue weighted by molar-refractivity contribution is 7.14. The number of rotatable bonds is 4. The first-order valence-corrected chi connectivity index (χ1v) is 7.83. The molecular formula is C15H21NO4S. The first-order valence-electron chi connectivity index (χ1n) is 7.01. The van der Waals surface area contributed by atoms with Crippen LogP contribution in [0.3, 0.4) is 0 Å². The zero-order valence-corrected chi connectivity index (χ0v) is 13.6. The number of carbonyl (C=O) groups excluding carboxylic acids is 1. The van der Waals surface area contributed by atoms with Crippen LogP contribution in [0.15, 0.2) is 6.07 Å². The summed E-state index contributed by atoms with van der Waals surface area (Å²) in [6.45, 7) is 6.70. The lowest BCUT2D eigenvalue weighted by atomic mass is 9.86. The van der Waals surface area contributed by atoms with E-state index in [4.69, 9.17) is 4.74 Å². The van der Waals surface area contributed by atoms with Crippen molar-refractivity contribution in [2.75, 3.05) is 20.2 Å². The van der Waals surface area contributed by atoms with Gasteiger partial charge in [-0.05, 0) is 24.8 Å². The molecule has 0 bridgehead atoms. The molecule has 1 N–H and O–H groups in total. The Bertz CT molecular complexity index is 552. The number of hydrogen-bond donors (Lipinski definition) is 1.